The van der Waals surface area contributed by atoms with E-state index in [-0.39, 0.29) is 10.6 Å². The molecule has 0 radical (unpaired) electrons. The number of halogens is 2. The first kappa shape index (κ1) is 14.1. The summed E-state index contributed by atoms with van der Waals surface area (Å²) < 4.78 is 40.7. The van der Waals surface area contributed by atoms with Gasteiger partial charge in [0.2, 0.25) is 0 Å². The Bertz CT molecular complexity index is 719. The monoisotopic (exact) mass is 392 g/mol. The predicted octanol–water partition coefficient (Wildman–Crippen LogP) is 2.81. The first-order chi connectivity index (χ1) is 8.90. The van der Waals surface area contributed by atoms with Gasteiger partial charge < -0.3 is 5.73 Å². The number of nitrogens with one attached hydrogen (secondary N) is 1. The lowest BCUT2D eigenvalue weighted by atomic mass is 10.3. The van der Waals surface area contributed by atoms with Gasteiger partial charge in [0, 0.05) is 3.57 Å². The molecule has 0 saturated carbocycles. The topological polar surface area (TPSA) is 72.2 Å². The molecule has 2 aromatic rings. The maximum absolute atomic E-state index is 13.3. The lowest BCUT2D eigenvalue weighted by Crippen LogP contribution is -2.14. The van der Waals surface area contributed by atoms with Crippen LogP contribution in [0.25, 0.3) is 0 Å². The Morgan fingerprint density at radius 2 is 1.84 bits per heavy atom. The number of rotatable bonds is 3. The van der Waals surface area contributed by atoms with E-state index in [0.717, 1.165) is 9.64 Å². The number of anilines is 2. The van der Waals surface area contributed by atoms with Crippen LogP contribution < -0.4 is 10.5 Å². The zero-order valence-electron chi connectivity index (χ0n) is 9.60. The Morgan fingerprint density at radius 1 is 1.16 bits per heavy atom. The molecule has 0 aliphatic heterocycles. The largest absolute Gasteiger partial charge is 0.396 e. The molecule has 0 saturated heterocycles. The zero-order valence-corrected chi connectivity index (χ0v) is 12.6. The van der Waals surface area contributed by atoms with Gasteiger partial charge in [-0.15, -0.1) is 0 Å². The average molecular weight is 392 g/mol. The number of hydrogen-bond donors (Lipinski definition) is 2. The predicted molar refractivity (Wildman–Crippen MR) is 80.8 cm³/mol. The molecule has 0 aliphatic carbocycles. The van der Waals surface area contributed by atoms with Crippen LogP contribution in [0, 0.1) is 9.39 Å². The van der Waals surface area contributed by atoms with Gasteiger partial charge >= 0.3 is 0 Å². The maximum atomic E-state index is 13.3. The van der Waals surface area contributed by atoms with E-state index in [2.05, 4.69) is 4.72 Å². The Balaban J connectivity index is 2.38. The summed E-state index contributed by atoms with van der Waals surface area (Å²) in [6, 6.07) is 10.3. The van der Waals surface area contributed by atoms with E-state index >= 15 is 0 Å². The van der Waals surface area contributed by atoms with E-state index in [0.29, 0.717) is 5.69 Å². The molecule has 19 heavy (non-hydrogen) atoms. The molecule has 3 N–H and O–H groups in total. The smallest absolute Gasteiger partial charge is 0.262 e. The Morgan fingerprint density at radius 3 is 2.47 bits per heavy atom. The van der Waals surface area contributed by atoms with E-state index in [9.17, 15) is 12.8 Å². The normalized spacial score (nSPS) is 11.3. The van der Waals surface area contributed by atoms with Gasteiger partial charge in [-0.3, -0.25) is 4.72 Å². The number of nitrogen functional groups attached to an aromatic ring is 1. The van der Waals surface area contributed by atoms with Gasteiger partial charge in [0.1, 0.15) is 5.82 Å². The van der Waals surface area contributed by atoms with Crippen LogP contribution in [0.15, 0.2) is 47.4 Å². The van der Waals surface area contributed by atoms with Gasteiger partial charge in [-0.05, 0) is 52.9 Å². The first-order valence-electron chi connectivity index (χ1n) is 5.22. The van der Waals surface area contributed by atoms with E-state index in [1.807, 2.05) is 22.6 Å². The van der Waals surface area contributed by atoms with Gasteiger partial charge in [-0.25, -0.2) is 12.8 Å². The van der Waals surface area contributed by atoms with Gasteiger partial charge in [0.05, 0.1) is 16.3 Å². The van der Waals surface area contributed by atoms with Crippen molar-refractivity contribution in [2.24, 2.45) is 0 Å². The molecular formula is C12H10FIN2O2S. The summed E-state index contributed by atoms with van der Waals surface area (Å²) in [4.78, 5) is -0.168. The molecule has 0 bridgehead atoms. The summed E-state index contributed by atoms with van der Waals surface area (Å²) in [7, 11) is -3.83. The average Bonchev–Trinajstić information content (AvgIpc) is 2.35. The summed E-state index contributed by atoms with van der Waals surface area (Å²) in [6.07, 6.45) is 0. The molecule has 0 atom stereocenters. The minimum absolute atomic E-state index is 0.0896. The van der Waals surface area contributed by atoms with Gasteiger partial charge in [-0.1, -0.05) is 12.1 Å². The third-order valence-corrected chi connectivity index (χ3v) is 4.70. The van der Waals surface area contributed by atoms with Crippen LogP contribution in [-0.4, -0.2) is 8.42 Å². The van der Waals surface area contributed by atoms with Crippen LogP contribution in [0.2, 0.25) is 0 Å². The molecular weight excluding hydrogens is 382 g/mol. The molecule has 4 nitrogen and oxygen atoms in total. The van der Waals surface area contributed by atoms with Crippen LogP contribution in [0.3, 0.4) is 0 Å². The molecule has 0 heterocycles. The van der Waals surface area contributed by atoms with Crippen molar-refractivity contribution in [1.29, 1.82) is 0 Å². The second-order valence-corrected chi connectivity index (χ2v) is 6.61. The van der Waals surface area contributed by atoms with Crippen molar-refractivity contribution in [1.82, 2.24) is 0 Å². The van der Waals surface area contributed by atoms with E-state index in [1.54, 1.807) is 24.3 Å². The van der Waals surface area contributed by atoms with Crippen molar-refractivity contribution < 1.29 is 12.8 Å². The molecule has 2 rings (SSSR count). The quantitative estimate of drug-likeness (QED) is 0.624. The highest BCUT2D eigenvalue weighted by molar-refractivity contribution is 14.1. The number of hydrogen-bond acceptors (Lipinski definition) is 3. The molecule has 100 valence electrons. The maximum Gasteiger partial charge on any atom is 0.262 e. The number of sulfonamides is 1. The Labute approximate surface area is 124 Å². The van der Waals surface area contributed by atoms with E-state index in [1.165, 1.54) is 12.1 Å². The van der Waals surface area contributed by atoms with Crippen molar-refractivity contribution in [2.75, 3.05) is 10.5 Å². The van der Waals surface area contributed by atoms with Crippen molar-refractivity contribution in [2.45, 2.75) is 4.90 Å². The summed E-state index contributed by atoms with van der Waals surface area (Å²) in [6.45, 7) is 0. The third kappa shape index (κ3) is 3.16. The SMILES string of the molecule is Nc1ccc(S(=O)(=O)Nc2ccccc2I)cc1F. The minimum Gasteiger partial charge on any atom is -0.396 e. The summed E-state index contributed by atoms with van der Waals surface area (Å²) in [5, 5.41) is 0. The highest BCUT2D eigenvalue weighted by atomic mass is 127. The lowest BCUT2D eigenvalue weighted by molar-refractivity contribution is 0.596. The second kappa shape index (κ2) is 5.33. The minimum atomic E-state index is -3.83. The summed E-state index contributed by atoms with van der Waals surface area (Å²) in [5.41, 5.74) is 5.67. The standard InChI is InChI=1S/C12H10FIN2O2S/c13-9-7-8(5-6-11(9)15)19(17,18)16-12-4-2-1-3-10(12)14/h1-7,16H,15H2. The molecule has 0 amide bonds. The molecule has 7 heteroatoms. The Kier molecular flexibility index (Phi) is 3.95. The fourth-order valence-corrected chi connectivity index (χ4v) is 3.22. The van der Waals surface area contributed by atoms with Crippen molar-refractivity contribution >= 4 is 44.0 Å². The van der Waals surface area contributed by atoms with Gasteiger partial charge in [-0.2, -0.15) is 0 Å². The zero-order chi connectivity index (χ0) is 14.0. The molecule has 0 aliphatic rings. The fraction of sp³-hybridized carbons (Fsp3) is 0. The summed E-state index contributed by atoms with van der Waals surface area (Å²) in [5.74, 6) is -0.759. The highest BCUT2D eigenvalue weighted by Gasteiger charge is 2.16. The van der Waals surface area contributed by atoms with Gasteiger partial charge in [0.25, 0.3) is 10.0 Å². The first-order valence-corrected chi connectivity index (χ1v) is 7.79. The second-order valence-electron chi connectivity index (χ2n) is 3.77. The molecule has 0 spiro atoms. The third-order valence-electron chi connectivity index (χ3n) is 2.40. The van der Waals surface area contributed by atoms with Crippen LogP contribution in [0.4, 0.5) is 15.8 Å². The Hall–Kier alpha value is -1.35. The number of para-hydroxylation sites is 1. The van der Waals surface area contributed by atoms with E-state index < -0.39 is 15.8 Å². The molecule has 0 unspecified atom stereocenters. The summed E-state index contributed by atoms with van der Waals surface area (Å²) >= 11 is 2.01. The number of nitrogens with two attached hydrogens (primary N) is 1. The van der Waals surface area contributed by atoms with Crippen LogP contribution in [0.1, 0.15) is 0 Å². The number of benzene rings is 2. The lowest BCUT2D eigenvalue weighted by Gasteiger charge is -2.10. The van der Waals surface area contributed by atoms with Crippen LogP contribution in [-0.2, 0) is 10.0 Å². The van der Waals surface area contributed by atoms with E-state index in [4.69, 9.17) is 5.73 Å². The van der Waals surface area contributed by atoms with Crippen molar-refractivity contribution in [3.05, 3.63) is 51.9 Å². The van der Waals surface area contributed by atoms with Gasteiger partial charge in [0.15, 0.2) is 0 Å². The van der Waals surface area contributed by atoms with Crippen LogP contribution >= 0.6 is 22.6 Å². The van der Waals surface area contributed by atoms with Crippen LogP contribution in [0.5, 0.6) is 0 Å². The fourth-order valence-electron chi connectivity index (χ4n) is 1.42. The van der Waals surface area contributed by atoms with Crippen molar-refractivity contribution in [3.63, 3.8) is 0 Å². The molecule has 0 fully saturated rings. The van der Waals surface area contributed by atoms with Crippen molar-refractivity contribution in [3.8, 4) is 0 Å². The molecule has 2 aromatic carbocycles. The highest BCUT2D eigenvalue weighted by Crippen LogP contribution is 2.22. The molecule has 0 aromatic heterocycles.